The second-order valence-electron chi connectivity index (χ2n) is 5.94. The van der Waals surface area contributed by atoms with Gasteiger partial charge in [-0.1, -0.05) is 30.3 Å². The van der Waals surface area contributed by atoms with Crippen molar-refractivity contribution in [1.29, 1.82) is 0 Å². The van der Waals surface area contributed by atoms with Crippen molar-refractivity contribution in [1.82, 2.24) is 10.6 Å². The summed E-state index contributed by atoms with van der Waals surface area (Å²) in [6.07, 6.45) is -2.42. The van der Waals surface area contributed by atoms with Crippen molar-refractivity contribution in [2.45, 2.75) is 38.0 Å². The molecular formula is C18H25N3O7. The Labute approximate surface area is 162 Å². The molecule has 0 aliphatic heterocycles. The average Bonchev–Trinajstić information content (AvgIpc) is 2.68. The molecule has 1 aromatic rings. The van der Waals surface area contributed by atoms with E-state index in [2.05, 4.69) is 15.4 Å². The number of aliphatic hydroxyl groups excluding tert-OH is 1. The Balaban J connectivity index is 2.31. The second-order valence-corrected chi connectivity index (χ2v) is 5.94. The quantitative estimate of drug-likeness (QED) is 0.371. The molecule has 3 amide bonds. The number of methoxy groups -OCH3 is 1. The molecule has 10 nitrogen and oxygen atoms in total. The van der Waals surface area contributed by atoms with Crippen LogP contribution in [0.25, 0.3) is 0 Å². The number of primary amides is 1. The van der Waals surface area contributed by atoms with Gasteiger partial charge in [-0.25, -0.2) is 4.79 Å². The van der Waals surface area contributed by atoms with Crippen LogP contribution < -0.4 is 16.4 Å². The van der Waals surface area contributed by atoms with Crippen LogP contribution in [0.15, 0.2) is 30.3 Å². The highest BCUT2D eigenvalue weighted by Gasteiger charge is 2.21. The zero-order valence-corrected chi connectivity index (χ0v) is 15.6. The highest BCUT2D eigenvalue weighted by molar-refractivity contribution is 5.87. The van der Waals surface area contributed by atoms with Gasteiger partial charge in [0.1, 0.15) is 12.6 Å². The van der Waals surface area contributed by atoms with E-state index in [0.29, 0.717) is 0 Å². The molecule has 0 heterocycles. The number of nitrogens with one attached hydrogen (secondary N) is 2. The van der Waals surface area contributed by atoms with E-state index in [1.807, 2.05) is 18.2 Å². The number of nitrogens with two attached hydrogens (primary N) is 1. The Bertz CT molecular complexity index is 666. The van der Waals surface area contributed by atoms with Gasteiger partial charge in [-0.2, -0.15) is 0 Å². The van der Waals surface area contributed by atoms with Crippen molar-refractivity contribution in [3.05, 3.63) is 35.9 Å². The SMILES string of the molecule is COC(=O)CC[C@H](NC(=O)C[C@@H](O)CNC(=O)OCc1ccccc1)C(N)=O. The number of rotatable bonds is 11. The van der Waals surface area contributed by atoms with Crippen LogP contribution in [0.1, 0.15) is 24.8 Å². The summed E-state index contributed by atoms with van der Waals surface area (Å²) >= 11 is 0. The summed E-state index contributed by atoms with van der Waals surface area (Å²) in [6, 6.07) is 7.97. The van der Waals surface area contributed by atoms with E-state index >= 15 is 0 Å². The minimum absolute atomic E-state index is 0.0199. The number of aliphatic hydroxyl groups is 1. The summed E-state index contributed by atoms with van der Waals surface area (Å²) in [5, 5.41) is 14.5. The maximum Gasteiger partial charge on any atom is 0.407 e. The van der Waals surface area contributed by atoms with E-state index in [-0.39, 0.29) is 32.4 Å². The van der Waals surface area contributed by atoms with E-state index in [1.54, 1.807) is 12.1 Å². The molecule has 0 saturated carbocycles. The molecule has 154 valence electrons. The number of hydrogen-bond acceptors (Lipinski definition) is 7. The van der Waals surface area contributed by atoms with Crippen LogP contribution in [0.5, 0.6) is 0 Å². The number of benzene rings is 1. The molecule has 10 heteroatoms. The molecule has 0 fully saturated rings. The maximum absolute atomic E-state index is 11.9. The Kier molecular flexibility index (Phi) is 10.0. The zero-order valence-electron chi connectivity index (χ0n) is 15.6. The van der Waals surface area contributed by atoms with Crippen LogP contribution in [0.3, 0.4) is 0 Å². The molecule has 0 radical (unpaired) electrons. The molecule has 0 unspecified atom stereocenters. The third kappa shape index (κ3) is 9.53. The van der Waals surface area contributed by atoms with Gasteiger partial charge in [-0.3, -0.25) is 14.4 Å². The average molecular weight is 395 g/mol. The molecule has 0 bridgehead atoms. The number of ether oxygens (including phenoxy) is 2. The predicted molar refractivity (Wildman–Crippen MR) is 97.6 cm³/mol. The van der Waals surface area contributed by atoms with Gasteiger partial charge in [-0.05, 0) is 12.0 Å². The summed E-state index contributed by atoms with van der Waals surface area (Å²) in [5.74, 6) is -2.01. The molecule has 0 saturated heterocycles. The molecule has 0 aliphatic carbocycles. The number of esters is 1. The van der Waals surface area contributed by atoms with Crippen LogP contribution in [0, 0.1) is 0 Å². The number of carbonyl (C=O) groups excluding carboxylic acids is 4. The van der Waals surface area contributed by atoms with E-state index in [4.69, 9.17) is 10.5 Å². The first-order valence-electron chi connectivity index (χ1n) is 8.60. The topological polar surface area (TPSA) is 157 Å². The molecule has 1 aromatic carbocycles. The van der Waals surface area contributed by atoms with E-state index in [1.165, 1.54) is 7.11 Å². The van der Waals surface area contributed by atoms with Gasteiger partial charge in [-0.15, -0.1) is 0 Å². The van der Waals surface area contributed by atoms with E-state index < -0.39 is 36.0 Å². The molecular weight excluding hydrogens is 370 g/mol. The van der Waals surface area contributed by atoms with Crippen LogP contribution in [-0.4, -0.2) is 54.8 Å². The molecule has 0 aromatic heterocycles. The Hall–Kier alpha value is -3.14. The summed E-state index contributed by atoms with van der Waals surface area (Å²) in [4.78, 5) is 46.0. The number of amides is 3. The molecule has 0 aliphatic rings. The van der Waals surface area contributed by atoms with Crippen LogP contribution in [0.4, 0.5) is 4.79 Å². The molecule has 2 atom stereocenters. The lowest BCUT2D eigenvalue weighted by molar-refractivity contribution is -0.141. The van der Waals surface area contributed by atoms with Gasteiger partial charge in [0.15, 0.2) is 0 Å². The lowest BCUT2D eigenvalue weighted by Gasteiger charge is -2.17. The van der Waals surface area contributed by atoms with Crippen molar-refractivity contribution in [2.24, 2.45) is 5.73 Å². The van der Waals surface area contributed by atoms with Gasteiger partial charge in [0.25, 0.3) is 0 Å². The number of carbonyl (C=O) groups is 4. The first-order valence-corrected chi connectivity index (χ1v) is 8.60. The largest absolute Gasteiger partial charge is 0.469 e. The van der Waals surface area contributed by atoms with Crippen LogP contribution in [0.2, 0.25) is 0 Å². The van der Waals surface area contributed by atoms with Gasteiger partial charge in [0.05, 0.1) is 19.6 Å². The Morgan fingerprint density at radius 2 is 1.86 bits per heavy atom. The van der Waals surface area contributed by atoms with Crippen LogP contribution in [-0.2, 0) is 30.5 Å². The van der Waals surface area contributed by atoms with E-state index in [0.717, 1.165) is 5.56 Å². The standard InChI is InChI=1S/C18H25N3O7/c1-27-16(24)8-7-14(17(19)25)21-15(23)9-13(22)10-20-18(26)28-11-12-5-3-2-4-6-12/h2-6,13-14,22H,7-11H2,1H3,(H2,19,25)(H,20,26)(H,21,23)/t13-,14+/m1/s1. The molecule has 0 spiro atoms. The van der Waals surface area contributed by atoms with Crippen molar-refractivity contribution in [3.8, 4) is 0 Å². The fraction of sp³-hybridized carbons (Fsp3) is 0.444. The lowest BCUT2D eigenvalue weighted by Crippen LogP contribution is -2.46. The van der Waals surface area contributed by atoms with Gasteiger partial charge in [0.2, 0.25) is 11.8 Å². The predicted octanol–water partition coefficient (Wildman–Crippen LogP) is -0.413. The van der Waals surface area contributed by atoms with Crippen molar-refractivity contribution >= 4 is 23.9 Å². The fourth-order valence-electron chi connectivity index (χ4n) is 2.16. The smallest absolute Gasteiger partial charge is 0.407 e. The zero-order chi connectivity index (χ0) is 20.9. The highest BCUT2D eigenvalue weighted by atomic mass is 16.5. The van der Waals surface area contributed by atoms with E-state index in [9.17, 15) is 24.3 Å². The third-order valence-electron chi connectivity index (χ3n) is 3.66. The summed E-state index contributed by atoms with van der Waals surface area (Å²) in [5.41, 5.74) is 5.99. The van der Waals surface area contributed by atoms with Gasteiger partial charge < -0.3 is 30.9 Å². The van der Waals surface area contributed by atoms with Crippen molar-refractivity contribution in [3.63, 3.8) is 0 Å². The Morgan fingerprint density at radius 3 is 2.46 bits per heavy atom. The number of alkyl carbamates (subject to hydrolysis) is 1. The van der Waals surface area contributed by atoms with Crippen molar-refractivity contribution < 1.29 is 33.8 Å². The van der Waals surface area contributed by atoms with Crippen LogP contribution >= 0.6 is 0 Å². The summed E-state index contributed by atoms with van der Waals surface area (Å²) < 4.78 is 9.43. The first kappa shape index (κ1) is 22.9. The minimum atomic E-state index is -1.20. The highest BCUT2D eigenvalue weighted by Crippen LogP contribution is 2.02. The molecule has 28 heavy (non-hydrogen) atoms. The normalized spacial score (nSPS) is 12.4. The fourth-order valence-corrected chi connectivity index (χ4v) is 2.16. The monoisotopic (exact) mass is 395 g/mol. The van der Waals surface area contributed by atoms with Crippen molar-refractivity contribution in [2.75, 3.05) is 13.7 Å². The van der Waals surface area contributed by atoms with Gasteiger partial charge in [0, 0.05) is 13.0 Å². The Morgan fingerprint density at radius 1 is 1.18 bits per heavy atom. The second kappa shape index (κ2) is 12.3. The summed E-state index contributed by atoms with van der Waals surface area (Å²) in [6.45, 7) is -0.145. The number of hydrogen-bond donors (Lipinski definition) is 4. The molecule has 1 rings (SSSR count). The van der Waals surface area contributed by atoms with Gasteiger partial charge >= 0.3 is 12.1 Å². The molecule has 5 N–H and O–H groups in total. The maximum atomic E-state index is 11.9. The lowest BCUT2D eigenvalue weighted by atomic mass is 10.1. The summed E-state index contributed by atoms with van der Waals surface area (Å²) in [7, 11) is 1.20. The minimum Gasteiger partial charge on any atom is -0.469 e. The first-order chi connectivity index (χ1) is 13.3. The third-order valence-corrected chi connectivity index (χ3v) is 3.66.